The molecule has 4 bridgehead atoms. The average Bonchev–Trinajstić information content (AvgIpc) is 3.10. The Morgan fingerprint density at radius 1 is 1.25 bits per heavy atom. The second kappa shape index (κ2) is 8.73. The van der Waals surface area contributed by atoms with Crippen molar-refractivity contribution in [1.82, 2.24) is 15.1 Å². The predicted octanol–water partition coefficient (Wildman–Crippen LogP) is 1.49. The van der Waals surface area contributed by atoms with E-state index in [2.05, 4.69) is 10.6 Å². The Bertz CT molecular complexity index is 750. The third-order valence-corrected chi connectivity index (χ3v) is 5.81. The lowest BCUT2D eigenvalue weighted by Crippen LogP contribution is -2.51. The lowest BCUT2D eigenvalue weighted by Gasteiger charge is -2.31. The minimum absolute atomic E-state index is 0.0814. The lowest BCUT2D eigenvalue weighted by atomic mass is 10.1. The molecular formula is C21H31N5O2. The van der Waals surface area contributed by atoms with Crippen molar-refractivity contribution in [3.8, 4) is 0 Å². The zero-order valence-corrected chi connectivity index (χ0v) is 17.0. The maximum Gasteiger partial charge on any atom is 0.245 e. The van der Waals surface area contributed by atoms with E-state index in [4.69, 9.17) is 5.41 Å². The van der Waals surface area contributed by atoms with Crippen molar-refractivity contribution in [3.05, 3.63) is 29.8 Å². The van der Waals surface area contributed by atoms with Crippen molar-refractivity contribution in [3.63, 3.8) is 0 Å². The molecule has 2 amide bonds. The molecule has 2 aliphatic heterocycles. The van der Waals surface area contributed by atoms with Crippen LogP contribution in [0.4, 0.5) is 5.69 Å². The van der Waals surface area contributed by atoms with Crippen LogP contribution in [0.5, 0.6) is 0 Å². The Morgan fingerprint density at radius 2 is 2.04 bits per heavy atom. The fraction of sp³-hybridized carbons (Fsp3) is 0.571. The topological polar surface area (TPSA) is 88.5 Å². The van der Waals surface area contributed by atoms with Crippen LogP contribution in [0.2, 0.25) is 0 Å². The van der Waals surface area contributed by atoms with Gasteiger partial charge in [-0.1, -0.05) is 12.1 Å². The van der Waals surface area contributed by atoms with Gasteiger partial charge in [-0.2, -0.15) is 0 Å². The molecule has 7 nitrogen and oxygen atoms in total. The van der Waals surface area contributed by atoms with Gasteiger partial charge < -0.3 is 25.8 Å². The number of amides is 2. The van der Waals surface area contributed by atoms with Gasteiger partial charge >= 0.3 is 0 Å². The Hall–Kier alpha value is -2.41. The number of rotatable bonds is 1. The molecule has 2 aliphatic rings. The lowest BCUT2D eigenvalue weighted by molar-refractivity contribution is -0.143. The van der Waals surface area contributed by atoms with Gasteiger partial charge in [-0.25, -0.2) is 0 Å². The molecule has 0 unspecified atom stereocenters. The van der Waals surface area contributed by atoms with E-state index in [1.54, 1.807) is 25.8 Å². The van der Waals surface area contributed by atoms with Crippen LogP contribution >= 0.6 is 0 Å². The maximum atomic E-state index is 13.1. The van der Waals surface area contributed by atoms with Crippen LogP contribution in [0.15, 0.2) is 24.3 Å². The van der Waals surface area contributed by atoms with Crippen molar-refractivity contribution >= 4 is 23.2 Å². The van der Waals surface area contributed by atoms with Crippen LogP contribution < -0.4 is 10.6 Å². The fourth-order valence-corrected chi connectivity index (χ4v) is 3.98. The Kier molecular flexibility index (Phi) is 6.34. The molecule has 2 heterocycles. The average molecular weight is 386 g/mol. The van der Waals surface area contributed by atoms with Gasteiger partial charge in [-0.15, -0.1) is 0 Å². The van der Waals surface area contributed by atoms with E-state index < -0.39 is 6.04 Å². The molecule has 3 atom stereocenters. The Balaban J connectivity index is 1.83. The molecule has 7 heteroatoms. The highest BCUT2D eigenvalue weighted by Crippen LogP contribution is 2.22. The van der Waals surface area contributed by atoms with Crippen LogP contribution in [0.3, 0.4) is 0 Å². The first-order chi connectivity index (χ1) is 13.4. The zero-order valence-electron chi connectivity index (χ0n) is 17.0. The highest BCUT2D eigenvalue weighted by Gasteiger charge is 2.39. The number of benzene rings is 1. The first-order valence-corrected chi connectivity index (χ1v) is 10.0. The third-order valence-electron chi connectivity index (χ3n) is 5.81. The number of carbonyl (C=O) groups excluding carboxylic acids is 2. The molecule has 3 N–H and O–H groups in total. The summed E-state index contributed by atoms with van der Waals surface area (Å²) in [6.07, 6.45) is 1.97. The van der Waals surface area contributed by atoms with E-state index in [1.165, 1.54) is 4.90 Å². The highest BCUT2D eigenvalue weighted by atomic mass is 16.2. The van der Waals surface area contributed by atoms with Crippen LogP contribution in [-0.4, -0.2) is 72.1 Å². The van der Waals surface area contributed by atoms with Crippen LogP contribution in [0.1, 0.15) is 32.3 Å². The standard InChI is InChI=1S/C21H31N5O2/c1-14(22)19-12-18-13-26(19)21(28)15(2)25(3)20(27)11-16-6-4-7-17(10-16)23-8-5-9-24-18/h4,6-7,10,15,18-19,22-24H,5,8-9,11-13H2,1-3H3/t15-,18+,19-/m0/s1. The third kappa shape index (κ3) is 4.52. The molecule has 3 rings (SSSR count). The highest BCUT2D eigenvalue weighted by molar-refractivity contribution is 5.93. The monoisotopic (exact) mass is 385 g/mol. The minimum Gasteiger partial charge on any atom is -0.385 e. The van der Waals surface area contributed by atoms with Crippen LogP contribution in [-0.2, 0) is 16.0 Å². The molecule has 0 radical (unpaired) electrons. The number of fused-ring (bicyclic) bond motifs is 4. The molecule has 0 spiro atoms. The first-order valence-electron chi connectivity index (χ1n) is 10.0. The van der Waals surface area contributed by atoms with Crippen LogP contribution in [0.25, 0.3) is 0 Å². The minimum atomic E-state index is -0.553. The summed E-state index contributed by atoms with van der Waals surface area (Å²) in [6.45, 7) is 5.81. The molecule has 0 saturated carbocycles. The van der Waals surface area contributed by atoms with Gasteiger partial charge in [0, 0.05) is 37.6 Å². The number of carbonyl (C=O) groups is 2. The largest absolute Gasteiger partial charge is 0.385 e. The second-order valence-electron chi connectivity index (χ2n) is 7.91. The van der Waals surface area contributed by atoms with Crippen LogP contribution in [0, 0.1) is 5.41 Å². The molecular weight excluding hydrogens is 354 g/mol. The summed E-state index contributed by atoms with van der Waals surface area (Å²) in [5, 5.41) is 15.0. The van der Waals surface area contributed by atoms with Gasteiger partial charge in [-0.3, -0.25) is 9.59 Å². The van der Waals surface area contributed by atoms with Gasteiger partial charge in [0.2, 0.25) is 11.8 Å². The van der Waals surface area contributed by atoms with Crippen molar-refractivity contribution in [2.75, 3.05) is 32.0 Å². The van der Waals surface area contributed by atoms with Gasteiger partial charge in [0.25, 0.3) is 0 Å². The Morgan fingerprint density at radius 3 is 2.79 bits per heavy atom. The molecule has 152 valence electrons. The molecule has 1 fully saturated rings. The van der Waals surface area contributed by atoms with E-state index in [9.17, 15) is 9.59 Å². The number of hydrogen-bond donors (Lipinski definition) is 3. The quantitative estimate of drug-likeness (QED) is 0.639. The van der Waals surface area contributed by atoms with E-state index >= 15 is 0 Å². The van der Waals surface area contributed by atoms with E-state index in [-0.39, 0.29) is 30.3 Å². The second-order valence-corrected chi connectivity index (χ2v) is 7.91. The predicted molar refractivity (Wildman–Crippen MR) is 111 cm³/mol. The van der Waals surface area contributed by atoms with E-state index in [0.717, 1.165) is 37.2 Å². The maximum absolute atomic E-state index is 13.1. The molecule has 0 aromatic heterocycles. The SMILES string of the molecule is CC(=N)[C@@H]1C[C@@H]2CN1C(=O)[C@H](C)N(C)C(=O)Cc1cccc(c1)NCCCN2. The van der Waals surface area contributed by atoms with Gasteiger partial charge in [0.15, 0.2) is 0 Å². The summed E-state index contributed by atoms with van der Waals surface area (Å²) in [4.78, 5) is 29.2. The first kappa shape index (κ1) is 20.3. The van der Waals surface area contributed by atoms with Gasteiger partial charge in [0.05, 0.1) is 12.5 Å². The van der Waals surface area contributed by atoms with Crippen molar-refractivity contribution in [2.45, 2.75) is 51.2 Å². The van der Waals surface area contributed by atoms with Crippen molar-refractivity contribution < 1.29 is 9.59 Å². The van der Waals surface area contributed by atoms with Crippen molar-refractivity contribution in [1.29, 1.82) is 5.41 Å². The molecule has 0 aliphatic carbocycles. The van der Waals surface area contributed by atoms with E-state index in [0.29, 0.717) is 12.3 Å². The Labute approximate surface area is 167 Å². The van der Waals surface area contributed by atoms with Gasteiger partial charge in [-0.05, 0) is 50.9 Å². The summed E-state index contributed by atoms with van der Waals surface area (Å²) >= 11 is 0. The zero-order chi connectivity index (χ0) is 20.3. The summed E-state index contributed by atoms with van der Waals surface area (Å²) in [5.41, 5.74) is 2.44. The number of likely N-dealkylation sites (N-methyl/N-ethyl adjacent to an activating group) is 1. The van der Waals surface area contributed by atoms with E-state index in [1.807, 2.05) is 24.3 Å². The molecule has 28 heavy (non-hydrogen) atoms. The summed E-state index contributed by atoms with van der Waals surface area (Å²) in [6, 6.07) is 7.32. The summed E-state index contributed by atoms with van der Waals surface area (Å²) in [5.74, 6) is -0.165. The molecule has 1 saturated heterocycles. The molecule has 1 aromatic rings. The number of hydrogen-bond acceptors (Lipinski definition) is 5. The normalized spacial score (nSPS) is 26.9. The number of nitrogens with zero attached hydrogens (tertiary/aromatic N) is 2. The van der Waals surface area contributed by atoms with Gasteiger partial charge in [0.1, 0.15) is 6.04 Å². The summed E-state index contributed by atoms with van der Waals surface area (Å²) < 4.78 is 0. The smallest absolute Gasteiger partial charge is 0.245 e. The summed E-state index contributed by atoms with van der Waals surface area (Å²) in [7, 11) is 1.69. The molecule has 1 aromatic carbocycles. The number of anilines is 1. The number of nitrogens with one attached hydrogen (secondary N) is 3. The van der Waals surface area contributed by atoms with Crippen molar-refractivity contribution in [2.24, 2.45) is 0 Å². The fourth-order valence-electron chi connectivity index (χ4n) is 3.98.